The van der Waals surface area contributed by atoms with E-state index >= 15 is 0 Å². The number of hydrogen-bond donors (Lipinski definition) is 1. The molecule has 0 radical (unpaired) electrons. The van der Waals surface area contributed by atoms with Gasteiger partial charge in [-0.25, -0.2) is 9.97 Å². The lowest BCUT2D eigenvalue weighted by Crippen LogP contribution is -1.97. The van der Waals surface area contributed by atoms with Crippen molar-refractivity contribution in [2.45, 2.75) is 6.92 Å². The standard InChI is InChI=1S/C13H11N3O/c1-8-6-12(14)16-13(15-8)10-7-17-11-5-3-2-4-9(10)11/h2-7H,1H3,(H2,14,15,16). The van der Waals surface area contributed by atoms with Crippen molar-refractivity contribution in [2.75, 3.05) is 5.73 Å². The van der Waals surface area contributed by atoms with Crippen LogP contribution in [0.4, 0.5) is 5.82 Å². The molecule has 0 amide bonds. The van der Waals surface area contributed by atoms with Gasteiger partial charge in [0.25, 0.3) is 0 Å². The molecule has 4 heteroatoms. The Bertz CT molecular complexity index is 668. The normalized spacial score (nSPS) is 10.9. The summed E-state index contributed by atoms with van der Waals surface area (Å²) in [6.07, 6.45) is 1.67. The Labute approximate surface area is 98.1 Å². The van der Waals surface area contributed by atoms with E-state index in [4.69, 9.17) is 10.2 Å². The van der Waals surface area contributed by atoms with Crippen LogP contribution >= 0.6 is 0 Å². The Balaban J connectivity index is 2.27. The molecule has 1 aromatic carbocycles. The molecule has 3 rings (SSSR count). The average Bonchev–Trinajstić information content (AvgIpc) is 2.71. The summed E-state index contributed by atoms with van der Waals surface area (Å²) in [5.41, 5.74) is 8.27. The topological polar surface area (TPSA) is 64.9 Å². The molecule has 0 aliphatic heterocycles. The first-order valence-corrected chi connectivity index (χ1v) is 5.32. The van der Waals surface area contributed by atoms with Gasteiger partial charge in [0.05, 0.1) is 5.56 Å². The summed E-state index contributed by atoms with van der Waals surface area (Å²) in [6, 6.07) is 9.53. The summed E-state index contributed by atoms with van der Waals surface area (Å²) in [5.74, 6) is 1.07. The van der Waals surface area contributed by atoms with Gasteiger partial charge in [-0.15, -0.1) is 0 Å². The van der Waals surface area contributed by atoms with Crippen LogP contribution in [0.2, 0.25) is 0 Å². The van der Waals surface area contributed by atoms with Gasteiger partial charge < -0.3 is 10.2 Å². The zero-order valence-corrected chi connectivity index (χ0v) is 9.34. The average molecular weight is 225 g/mol. The lowest BCUT2D eigenvalue weighted by molar-refractivity contribution is 0.616. The summed E-state index contributed by atoms with van der Waals surface area (Å²) in [4.78, 5) is 8.61. The molecule has 0 aliphatic carbocycles. The van der Waals surface area contributed by atoms with Gasteiger partial charge in [0.15, 0.2) is 5.82 Å². The summed E-state index contributed by atoms with van der Waals surface area (Å²) in [6.45, 7) is 1.89. The van der Waals surface area contributed by atoms with Gasteiger partial charge in [0.2, 0.25) is 0 Å². The molecule has 4 nitrogen and oxygen atoms in total. The number of nitrogen functional groups attached to an aromatic ring is 1. The van der Waals surface area contributed by atoms with Crippen molar-refractivity contribution in [3.05, 3.63) is 42.3 Å². The van der Waals surface area contributed by atoms with E-state index in [0.29, 0.717) is 11.6 Å². The minimum absolute atomic E-state index is 0.470. The molecule has 3 aromatic rings. The van der Waals surface area contributed by atoms with Gasteiger partial charge in [0.1, 0.15) is 17.7 Å². The second-order valence-corrected chi connectivity index (χ2v) is 3.90. The molecule has 2 N–H and O–H groups in total. The number of fused-ring (bicyclic) bond motifs is 1. The van der Waals surface area contributed by atoms with Crippen LogP contribution in [0.15, 0.2) is 41.0 Å². The third kappa shape index (κ3) is 1.63. The largest absolute Gasteiger partial charge is 0.464 e. The number of furan rings is 1. The third-order valence-electron chi connectivity index (χ3n) is 2.60. The maximum Gasteiger partial charge on any atom is 0.165 e. The molecule has 0 aliphatic rings. The number of aryl methyl sites for hydroxylation is 1. The molecule has 2 aromatic heterocycles. The Morgan fingerprint density at radius 2 is 2.00 bits per heavy atom. The molecule has 0 atom stereocenters. The quantitative estimate of drug-likeness (QED) is 0.691. The fourth-order valence-electron chi connectivity index (χ4n) is 1.86. The molecule has 0 saturated carbocycles. The number of nitrogens with two attached hydrogens (primary N) is 1. The van der Waals surface area contributed by atoms with Gasteiger partial charge in [-0.3, -0.25) is 0 Å². The van der Waals surface area contributed by atoms with Crippen LogP contribution < -0.4 is 5.73 Å². The first-order chi connectivity index (χ1) is 8.24. The highest BCUT2D eigenvalue weighted by atomic mass is 16.3. The Morgan fingerprint density at radius 3 is 2.82 bits per heavy atom. The molecule has 17 heavy (non-hydrogen) atoms. The minimum atomic E-state index is 0.470. The second kappa shape index (κ2) is 3.59. The summed E-state index contributed by atoms with van der Waals surface area (Å²) in [5, 5.41) is 0.998. The molecule has 0 unspecified atom stereocenters. The molecule has 0 spiro atoms. The zero-order valence-electron chi connectivity index (χ0n) is 9.34. The lowest BCUT2D eigenvalue weighted by atomic mass is 10.1. The Morgan fingerprint density at radius 1 is 1.18 bits per heavy atom. The fourth-order valence-corrected chi connectivity index (χ4v) is 1.86. The van der Waals surface area contributed by atoms with Crippen molar-refractivity contribution in [2.24, 2.45) is 0 Å². The van der Waals surface area contributed by atoms with Gasteiger partial charge in [-0.05, 0) is 13.0 Å². The third-order valence-corrected chi connectivity index (χ3v) is 2.60. The van der Waals surface area contributed by atoms with E-state index in [9.17, 15) is 0 Å². The van der Waals surface area contributed by atoms with Crippen LogP contribution in [-0.2, 0) is 0 Å². The van der Waals surface area contributed by atoms with Crippen molar-refractivity contribution in [1.29, 1.82) is 0 Å². The minimum Gasteiger partial charge on any atom is -0.464 e. The molecule has 84 valence electrons. The molecule has 0 saturated heterocycles. The summed E-state index contributed by atoms with van der Waals surface area (Å²) >= 11 is 0. The number of hydrogen-bond acceptors (Lipinski definition) is 4. The van der Waals surface area contributed by atoms with E-state index < -0.39 is 0 Å². The number of rotatable bonds is 1. The van der Waals surface area contributed by atoms with Gasteiger partial charge in [-0.1, -0.05) is 18.2 Å². The van der Waals surface area contributed by atoms with E-state index in [1.54, 1.807) is 12.3 Å². The highest BCUT2D eigenvalue weighted by molar-refractivity contribution is 5.92. The predicted molar refractivity (Wildman–Crippen MR) is 66.4 cm³/mol. The van der Waals surface area contributed by atoms with Crippen molar-refractivity contribution in [3.8, 4) is 11.4 Å². The predicted octanol–water partition coefficient (Wildman–Crippen LogP) is 2.78. The van der Waals surface area contributed by atoms with Crippen LogP contribution in [0.5, 0.6) is 0 Å². The molecule has 0 fully saturated rings. The van der Waals surface area contributed by atoms with E-state index in [-0.39, 0.29) is 0 Å². The number of aromatic nitrogens is 2. The summed E-state index contributed by atoms with van der Waals surface area (Å²) in [7, 11) is 0. The van der Waals surface area contributed by atoms with Crippen molar-refractivity contribution in [3.63, 3.8) is 0 Å². The molecular weight excluding hydrogens is 214 g/mol. The van der Waals surface area contributed by atoms with Crippen LogP contribution in [0.25, 0.3) is 22.4 Å². The fraction of sp³-hybridized carbons (Fsp3) is 0.0769. The Hall–Kier alpha value is -2.36. The monoisotopic (exact) mass is 225 g/mol. The second-order valence-electron chi connectivity index (χ2n) is 3.90. The van der Waals surface area contributed by atoms with Crippen molar-refractivity contribution >= 4 is 16.8 Å². The lowest BCUT2D eigenvalue weighted by Gasteiger charge is -2.00. The van der Waals surface area contributed by atoms with E-state index in [1.807, 2.05) is 31.2 Å². The molecular formula is C13H11N3O. The maximum atomic E-state index is 5.73. The maximum absolute atomic E-state index is 5.73. The van der Waals surface area contributed by atoms with Crippen LogP contribution in [0.1, 0.15) is 5.69 Å². The van der Waals surface area contributed by atoms with Crippen LogP contribution in [0.3, 0.4) is 0 Å². The van der Waals surface area contributed by atoms with Crippen LogP contribution in [-0.4, -0.2) is 9.97 Å². The SMILES string of the molecule is Cc1cc(N)nc(-c2coc3ccccc23)n1. The molecule has 2 heterocycles. The number of benzene rings is 1. The van der Waals surface area contributed by atoms with E-state index in [1.165, 1.54) is 0 Å². The van der Waals surface area contributed by atoms with Gasteiger partial charge in [-0.2, -0.15) is 0 Å². The first kappa shape index (κ1) is 9.84. The highest BCUT2D eigenvalue weighted by Crippen LogP contribution is 2.28. The number of nitrogens with zero attached hydrogens (tertiary/aromatic N) is 2. The van der Waals surface area contributed by atoms with E-state index in [0.717, 1.165) is 22.2 Å². The first-order valence-electron chi connectivity index (χ1n) is 5.32. The number of para-hydroxylation sites is 1. The van der Waals surface area contributed by atoms with Crippen molar-refractivity contribution in [1.82, 2.24) is 9.97 Å². The van der Waals surface area contributed by atoms with Crippen LogP contribution in [0, 0.1) is 6.92 Å². The van der Waals surface area contributed by atoms with E-state index in [2.05, 4.69) is 9.97 Å². The highest BCUT2D eigenvalue weighted by Gasteiger charge is 2.10. The smallest absolute Gasteiger partial charge is 0.165 e. The van der Waals surface area contributed by atoms with Gasteiger partial charge >= 0.3 is 0 Å². The van der Waals surface area contributed by atoms with Gasteiger partial charge in [0, 0.05) is 17.1 Å². The van der Waals surface area contributed by atoms with Crippen molar-refractivity contribution < 1.29 is 4.42 Å². The number of anilines is 1. The summed E-state index contributed by atoms with van der Waals surface area (Å²) < 4.78 is 5.46. The molecule has 0 bridgehead atoms. The Kier molecular flexibility index (Phi) is 2.08. The zero-order chi connectivity index (χ0) is 11.8.